The highest BCUT2D eigenvalue weighted by molar-refractivity contribution is 5.89. The van der Waals surface area contributed by atoms with Crippen LogP contribution in [0.2, 0.25) is 0 Å². The Bertz CT molecular complexity index is 1020. The summed E-state index contributed by atoms with van der Waals surface area (Å²) in [7, 11) is 1.88. The third kappa shape index (κ3) is 7.36. The van der Waals surface area contributed by atoms with Crippen LogP contribution in [-0.4, -0.2) is 51.8 Å². The van der Waals surface area contributed by atoms with E-state index in [1.54, 1.807) is 39.8 Å². The molecule has 2 rings (SSSR count). The van der Waals surface area contributed by atoms with Gasteiger partial charge in [-0.15, -0.1) is 0 Å². The number of hydrogen-bond acceptors (Lipinski definition) is 7. The van der Waals surface area contributed by atoms with Crippen LogP contribution in [-0.2, 0) is 32.5 Å². The van der Waals surface area contributed by atoms with Crippen molar-refractivity contribution in [3.05, 3.63) is 24.0 Å². The quantitative estimate of drug-likeness (QED) is 0.374. The summed E-state index contributed by atoms with van der Waals surface area (Å²) in [5.41, 5.74) is 7.41. The van der Waals surface area contributed by atoms with Crippen LogP contribution in [0.1, 0.15) is 53.8 Å². The van der Waals surface area contributed by atoms with E-state index in [0.717, 1.165) is 16.9 Å². The first kappa shape index (κ1) is 26.9. The minimum atomic E-state index is -0.949. The van der Waals surface area contributed by atoms with Gasteiger partial charge < -0.3 is 30.4 Å². The number of nitrogens with one attached hydrogen (secondary N) is 2. The second-order valence-electron chi connectivity index (χ2n) is 9.56. The standard InChI is InChI=1S/C24H37N5O5/c1-8-33-22(31)20(14(2)3)28-21(30)16(27-23(32)34-24(4,5)6)10-12-19-26-17-13-15(25)9-11-18(17)29(19)7/h9,11,13-14,16,20H,8,10,12,25H2,1-7H3,(H,27,32)(H,28,30)/t16-,20-/m0/s1. The van der Waals surface area contributed by atoms with E-state index in [1.165, 1.54) is 0 Å². The van der Waals surface area contributed by atoms with Crippen molar-refractivity contribution < 1.29 is 23.9 Å². The zero-order valence-electron chi connectivity index (χ0n) is 21.1. The zero-order chi connectivity index (χ0) is 25.6. The molecule has 2 amide bonds. The number of esters is 1. The summed E-state index contributed by atoms with van der Waals surface area (Å²) in [5, 5.41) is 5.37. The minimum absolute atomic E-state index is 0.199. The van der Waals surface area contributed by atoms with E-state index in [1.807, 2.05) is 31.5 Å². The Morgan fingerprint density at radius 1 is 1.18 bits per heavy atom. The molecule has 0 saturated heterocycles. The number of nitrogen functional groups attached to an aromatic ring is 1. The molecule has 34 heavy (non-hydrogen) atoms. The van der Waals surface area contributed by atoms with Gasteiger partial charge in [0, 0.05) is 19.2 Å². The summed E-state index contributed by atoms with van der Waals surface area (Å²) in [6.07, 6.45) is -0.0848. The smallest absolute Gasteiger partial charge is 0.408 e. The molecule has 1 heterocycles. The molecule has 0 saturated carbocycles. The second kappa shape index (κ2) is 11.2. The van der Waals surface area contributed by atoms with E-state index in [2.05, 4.69) is 15.6 Å². The van der Waals surface area contributed by atoms with Gasteiger partial charge >= 0.3 is 12.1 Å². The maximum absolute atomic E-state index is 13.2. The lowest BCUT2D eigenvalue weighted by atomic mass is 10.0. The number of rotatable bonds is 9. The van der Waals surface area contributed by atoms with Crippen LogP contribution in [0.15, 0.2) is 18.2 Å². The normalized spacial score (nSPS) is 13.4. The topological polar surface area (TPSA) is 138 Å². The molecule has 10 heteroatoms. The number of alkyl carbamates (subject to hydrolysis) is 1. The number of hydrogen-bond donors (Lipinski definition) is 3. The first-order chi connectivity index (χ1) is 15.8. The van der Waals surface area contributed by atoms with Crippen LogP contribution >= 0.6 is 0 Å². The lowest BCUT2D eigenvalue weighted by Crippen LogP contribution is -2.54. The fourth-order valence-electron chi connectivity index (χ4n) is 3.47. The highest BCUT2D eigenvalue weighted by Crippen LogP contribution is 2.19. The van der Waals surface area contributed by atoms with E-state index in [4.69, 9.17) is 15.2 Å². The van der Waals surface area contributed by atoms with E-state index in [9.17, 15) is 14.4 Å². The average molecular weight is 476 g/mol. The fourth-order valence-corrected chi connectivity index (χ4v) is 3.47. The number of benzene rings is 1. The van der Waals surface area contributed by atoms with Gasteiger partial charge in [0.1, 0.15) is 23.5 Å². The molecule has 2 aromatic rings. The van der Waals surface area contributed by atoms with Crippen LogP contribution in [0.5, 0.6) is 0 Å². The molecule has 0 spiro atoms. The molecule has 0 unspecified atom stereocenters. The monoisotopic (exact) mass is 475 g/mol. The predicted octanol–water partition coefficient (Wildman–Crippen LogP) is 2.69. The Kier molecular flexibility index (Phi) is 8.89. The van der Waals surface area contributed by atoms with E-state index < -0.39 is 35.7 Å². The van der Waals surface area contributed by atoms with E-state index in [-0.39, 0.29) is 18.9 Å². The highest BCUT2D eigenvalue weighted by Gasteiger charge is 2.31. The molecule has 4 N–H and O–H groups in total. The molecular weight excluding hydrogens is 438 g/mol. The molecule has 10 nitrogen and oxygen atoms in total. The molecule has 1 aromatic heterocycles. The van der Waals surface area contributed by atoms with Crippen molar-refractivity contribution in [1.29, 1.82) is 0 Å². The largest absolute Gasteiger partial charge is 0.464 e. The number of aromatic nitrogens is 2. The molecule has 0 aliphatic rings. The van der Waals surface area contributed by atoms with E-state index >= 15 is 0 Å². The zero-order valence-corrected chi connectivity index (χ0v) is 21.1. The SMILES string of the molecule is CCOC(=O)[C@@H](NC(=O)[C@H](CCc1nc2cc(N)ccc2n1C)NC(=O)OC(C)(C)C)C(C)C. The summed E-state index contributed by atoms with van der Waals surface area (Å²) < 4.78 is 12.4. The number of imidazole rings is 1. The number of carbonyl (C=O) groups excluding carboxylic acids is 3. The Morgan fingerprint density at radius 3 is 2.44 bits per heavy atom. The van der Waals surface area contributed by atoms with Gasteiger partial charge in [-0.1, -0.05) is 13.8 Å². The number of nitrogens with zero attached hydrogens (tertiary/aromatic N) is 2. The number of anilines is 1. The number of fused-ring (bicyclic) bond motifs is 1. The molecule has 2 atom stereocenters. The number of nitrogens with two attached hydrogens (primary N) is 1. The van der Waals surface area contributed by atoms with Crippen LogP contribution < -0.4 is 16.4 Å². The van der Waals surface area contributed by atoms with Crippen molar-refractivity contribution in [3.63, 3.8) is 0 Å². The minimum Gasteiger partial charge on any atom is -0.464 e. The van der Waals surface area contributed by atoms with Gasteiger partial charge in [0.15, 0.2) is 0 Å². The first-order valence-electron chi connectivity index (χ1n) is 11.5. The number of ether oxygens (including phenoxy) is 2. The van der Waals surface area contributed by atoms with E-state index in [0.29, 0.717) is 12.1 Å². The van der Waals surface area contributed by atoms with Crippen LogP contribution in [0, 0.1) is 5.92 Å². The van der Waals surface area contributed by atoms with Crippen molar-refractivity contribution in [3.8, 4) is 0 Å². The van der Waals surface area contributed by atoms with Gasteiger partial charge in [0.25, 0.3) is 0 Å². The molecule has 0 radical (unpaired) electrons. The number of aryl methyl sites for hydroxylation is 2. The molecule has 0 fully saturated rings. The molecule has 0 aliphatic carbocycles. The average Bonchev–Trinajstić information content (AvgIpc) is 3.02. The second-order valence-corrected chi connectivity index (χ2v) is 9.56. The van der Waals surface area contributed by atoms with Gasteiger partial charge in [-0.05, 0) is 58.2 Å². The Hall–Kier alpha value is -3.30. The van der Waals surface area contributed by atoms with Gasteiger partial charge in [0.2, 0.25) is 5.91 Å². The molecule has 0 bridgehead atoms. The summed E-state index contributed by atoms with van der Waals surface area (Å²) >= 11 is 0. The first-order valence-corrected chi connectivity index (χ1v) is 11.5. The Labute approximate surface area is 200 Å². The number of carbonyl (C=O) groups is 3. The lowest BCUT2D eigenvalue weighted by Gasteiger charge is -2.26. The van der Waals surface area contributed by atoms with Gasteiger partial charge in [-0.2, -0.15) is 0 Å². The highest BCUT2D eigenvalue weighted by atomic mass is 16.6. The van der Waals surface area contributed by atoms with Crippen molar-refractivity contribution in [2.75, 3.05) is 12.3 Å². The van der Waals surface area contributed by atoms with Gasteiger partial charge in [0.05, 0.1) is 17.6 Å². The summed E-state index contributed by atoms with van der Waals surface area (Å²) in [5.74, 6) is -0.485. The van der Waals surface area contributed by atoms with Crippen LogP contribution in [0.3, 0.4) is 0 Å². The van der Waals surface area contributed by atoms with Crippen molar-refractivity contribution in [2.24, 2.45) is 13.0 Å². The summed E-state index contributed by atoms with van der Waals surface area (Å²) in [4.78, 5) is 42.6. The van der Waals surface area contributed by atoms with Crippen molar-refractivity contribution in [2.45, 2.75) is 72.1 Å². The van der Waals surface area contributed by atoms with Gasteiger partial charge in [-0.3, -0.25) is 4.79 Å². The summed E-state index contributed by atoms with van der Waals surface area (Å²) in [6, 6.07) is 3.69. The maximum atomic E-state index is 13.2. The molecular formula is C24H37N5O5. The van der Waals surface area contributed by atoms with Crippen molar-refractivity contribution >= 4 is 34.7 Å². The van der Waals surface area contributed by atoms with Crippen LogP contribution in [0.25, 0.3) is 11.0 Å². The summed E-state index contributed by atoms with van der Waals surface area (Å²) in [6.45, 7) is 10.7. The third-order valence-corrected chi connectivity index (χ3v) is 5.17. The third-order valence-electron chi connectivity index (χ3n) is 5.17. The molecule has 188 valence electrons. The van der Waals surface area contributed by atoms with Crippen LogP contribution in [0.4, 0.5) is 10.5 Å². The number of amides is 2. The Morgan fingerprint density at radius 2 is 1.85 bits per heavy atom. The predicted molar refractivity (Wildman–Crippen MR) is 130 cm³/mol. The lowest BCUT2D eigenvalue weighted by molar-refractivity contribution is -0.149. The van der Waals surface area contributed by atoms with Gasteiger partial charge in [-0.25, -0.2) is 14.6 Å². The molecule has 1 aromatic carbocycles. The fraction of sp³-hybridized carbons (Fsp3) is 0.583. The molecule has 0 aliphatic heterocycles. The van der Waals surface area contributed by atoms with Crippen molar-refractivity contribution in [1.82, 2.24) is 20.2 Å². The maximum Gasteiger partial charge on any atom is 0.408 e. The Balaban J connectivity index is 2.23.